The molecule has 1 N–H and O–H groups in total. The molecule has 9 nitrogen and oxygen atoms in total. The van der Waals surface area contributed by atoms with Crippen molar-refractivity contribution in [1.29, 1.82) is 0 Å². The number of nitrogens with zero attached hydrogens (tertiary/aromatic N) is 2. The van der Waals surface area contributed by atoms with Gasteiger partial charge in [-0.25, -0.2) is 21.2 Å². The first-order valence-corrected chi connectivity index (χ1v) is 15.3. The van der Waals surface area contributed by atoms with Crippen LogP contribution in [0.3, 0.4) is 0 Å². The molecule has 0 aromatic heterocycles. The molecule has 3 aromatic rings. The third-order valence-corrected chi connectivity index (χ3v) is 9.92. The van der Waals surface area contributed by atoms with Crippen molar-refractivity contribution in [3.63, 3.8) is 0 Å². The second-order valence-electron chi connectivity index (χ2n) is 9.06. The van der Waals surface area contributed by atoms with Gasteiger partial charge in [0.15, 0.2) is 0 Å². The Morgan fingerprint density at radius 1 is 0.923 bits per heavy atom. The van der Waals surface area contributed by atoms with Gasteiger partial charge in [0.1, 0.15) is 24.7 Å². The molecule has 0 unspecified atom stereocenters. The molecule has 0 bridgehead atoms. The molecular weight excluding hydrogens is 545 g/mol. The van der Waals surface area contributed by atoms with E-state index in [1.54, 1.807) is 24.3 Å². The lowest BCUT2D eigenvalue weighted by atomic mass is 10.2. The maximum atomic E-state index is 14.6. The average molecular weight is 576 g/mol. The fraction of sp³-hybridized carbons (Fsp3) is 0.296. The van der Waals surface area contributed by atoms with Crippen LogP contribution in [0.5, 0.6) is 5.75 Å². The first-order valence-electron chi connectivity index (χ1n) is 12.4. The zero-order valence-corrected chi connectivity index (χ0v) is 23.0. The summed E-state index contributed by atoms with van der Waals surface area (Å²) in [7, 11) is -7.76. The Balaban J connectivity index is 1.36. The number of carbonyl (C=O) groups is 1. The van der Waals surface area contributed by atoms with Gasteiger partial charge < -0.3 is 10.1 Å². The SMILES string of the molecule is Cc1ccc(S(=O)(=O)N(CC(=O)NCCOc2ccc(S(=O)(=O)N3CCCC3)cc2)c2ccccc2F)cc1. The van der Waals surface area contributed by atoms with Crippen LogP contribution in [0, 0.1) is 12.7 Å². The fourth-order valence-electron chi connectivity index (χ4n) is 4.12. The van der Waals surface area contributed by atoms with Crippen LogP contribution < -0.4 is 14.4 Å². The minimum atomic E-state index is -4.24. The molecular formula is C27H30FN3O6S2. The summed E-state index contributed by atoms with van der Waals surface area (Å²) < 4.78 is 74.3. The predicted octanol–water partition coefficient (Wildman–Crippen LogP) is 3.31. The Bertz CT molecular complexity index is 1510. The van der Waals surface area contributed by atoms with Crippen molar-refractivity contribution in [3.05, 3.63) is 84.2 Å². The summed E-state index contributed by atoms with van der Waals surface area (Å²) >= 11 is 0. The van der Waals surface area contributed by atoms with Crippen molar-refractivity contribution in [1.82, 2.24) is 9.62 Å². The van der Waals surface area contributed by atoms with Crippen molar-refractivity contribution in [2.45, 2.75) is 29.6 Å². The van der Waals surface area contributed by atoms with Gasteiger partial charge in [-0.15, -0.1) is 0 Å². The lowest BCUT2D eigenvalue weighted by molar-refractivity contribution is -0.119. The monoisotopic (exact) mass is 575 g/mol. The lowest BCUT2D eigenvalue weighted by Gasteiger charge is -2.24. The third kappa shape index (κ3) is 6.75. The Labute approximate surface area is 228 Å². The highest BCUT2D eigenvalue weighted by Gasteiger charge is 2.29. The average Bonchev–Trinajstić information content (AvgIpc) is 3.47. The third-order valence-electron chi connectivity index (χ3n) is 6.24. The van der Waals surface area contributed by atoms with Gasteiger partial charge in [0.2, 0.25) is 15.9 Å². The van der Waals surface area contributed by atoms with Crippen LogP contribution in [-0.2, 0) is 24.8 Å². The number of hydrogen-bond donors (Lipinski definition) is 1. The molecule has 1 amide bonds. The van der Waals surface area contributed by atoms with Gasteiger partial charge in [0.05, 0.1) is 22.0 Å². The van der Waals surface area contributed by atoms with Crippen molar-refractivity contribution >= 4 is 31.6 Å². The minimum absolute atomic E-state index is 0.0440. The van der Waals surface area contributed by atoms with E-state index in [1.165, 1.54) is 46.8 Å². The molecule has 0 aliphatic carbocycles. The van der Waals surface area contributed by atoms with Crippen molar-refractivity contribution in [2.75, 3.05) is 37.1 Å². The summed E-state index contributed by atoms with van der Waals surface area (Å²) in [6.45, 7) is 2.30. The number of hydrogen-bond acceptors (Lipinski definition) is 6. The molecule has 1 heterocycles. The van der Waals surface area contributed by atoms with E-state index in [0.29, 0.717) is 18.8 Å². The van der Waals surface area contributed by atoms with Crippen LogP contribution in [0.15, 0.2) is 82.6 Å². The van der Waals surface area contributed by atoms with Gasteiger partial charge in [0.25, 0.3) is 10.0 Å². The first kappa shape index (κ1) is 28.5. The molecule has 4 rings (SSSR count). The predicted molar refractivity (Wildman–Crippen MR) is 145 cm³/mol. The fourth-order valence-corrected chi connectivity index (χ4v) is 7.07. The second kappa shape index (κ2) is 12.1. The van der Waals surface area contributed by atoms with E-state index in [9.17, 15) is 26.0 Å². The summed E-state index contributed by atoms with van der Waals surface area (Å²) in [5.41, 5.74) is 0.612. The molecule has 39 heavy (non-hydrogen) atoms. The van der Waals surface area contributed by atoms with Gasteiger partial charge in [-0.05, 0) is 68.3 Å². The summed E-state index contributed by atoms with van der Waals surface area (Å²) in [5.74, 6) is -1.01. The number of halogens is 1. The standard InChI is InChI=1S/C27H30FN3O6S2/c1-21-8-12-24(13-9-21)39(35,36)31(26-7-3-2-6-25(26)28)20-27(32)29-16-19-37-22-10-14-23(15-11-22)38(33,34)30-17-4-5-18-30/h2-3,6-15H,4-5,16-20H2,1H3,(H,29,32). The zero-order valence-electron chi connectivity index (χ0n) is 21.4. The minimum Gasteiger partial charge on any atom is -0.492 e. The number of benzene rings is 3. The summed E-state index contributed by atoms with van der Waals surface area (Å²) in [6.07, 6.45) is 1.70. The van der Waals surface area contributed by atoms with Crippen LogP contribution >= 0.6 is 0 Å². The van der Waals surface area contributed by atoms with E-state index in [4.69, 9.17) is 4.74 Å². The molecule has 1 fully saturated rings. The number of sulfonamides is 2. The molecule has 0 saturated carbocycles. The number of aryl methyl sites for hydroxylation is 1. The van der Waals surface area contributed by atoms with Gasteiger partial charge in [-0.1, -0.05) is 29.8 Å². The maximum Gasteiger partial charge on any atom is 0.264 e. The van der Waals surface area contributed by atoms with E-state index in [2.05, 4.69) is 5.32 Å². The molecule has 12 heteroatoms. The Morgan fingerprint density at radius 2 is 1.54 bits per heavy atom. The van der Waals surface area contributed by atoms with Gasteiger partial charge in [-0.3, -0.25) is 9.10 Å². The highest BCUT2D eigenvalue weighted by Crippen LogP contribution is 2.26. The number of anilines is 1. The molecule has 0 spiro atoms. The van der Waals surface area contributed by atoms with E-state index >= 15 is 0 Å². The first-order chi connectivity index (χ1) is 18.6. The highest BCUT2D eigenvalue weighted by atomic mass is 32.2. The van der Waals surface area contributed by atoms with E-state index in [-0.39, 0.29) is 28.6 Å². The number of nitrogens with one attached hydrogen (secondary N) is 1. The molecule has 3 aromatic carbocycles. The second-order valence-corrected chi connectivity index (χ2v) is 12.9. The summed E-state index contributed by atoms with van der Waals surface area (Å²) in [5, 5.41) is 2.58. The van der Waals surface area contributed by atoms with Crippen LogP contribution in [-0.4, -0.2) is 59.8 Å². The Morgan fingerprint density at radius 3 is 2.18 bits per heavy atom. The normalized spacial score (nSPS) is 14.2. The maximum absolute atomic E-state index is 14.6. The molecule has 1 aliphatic heterocycles. The number of amides is 1. The van der Waals surface area contributed by atoms with Gasteiger partial charge in [0, 0.05) is 13.1 Å². The molecule has 0 atom stereocenters. The molecule has 208 valence electrons. The summed E-state index contributed by atoms with van der Waals surface area (Å²) in [6, 6.07) is 17.4. The van der Waals surface area contributed by atoms with E-state index in [1.807, 2.05) is 6.92 Å². The lowest BCUT2D eigenvalue weighted by Crippen LogP contribution is -2.42. The Kier molecular flexibility index (Phi) is 8.88. The number of carbonyl (C=O) groups excluding carboxylic acids is 1. The van der Waals surface area contributed by atoms with Gasteiger partial charge >= 0.3 is 0 Å². The van der Waals surface area contributed by atoms with Gasteiger partial charge in [-0.2, -0.15) is 4.31 Å². The number of ether oxygens (including phenoxy) is 1. The van der Waals surface area contributed by atoms with Crippen LogP contribution in [0.1, 0.15) is 18.4 Å². The van der Waals surface area contributed by atoms with Crippen molar-refractivity contribution < 1.29 is 30.8 Å². The smallest absolute Gasteiger partial charge is 0.264 e. The quantitative estimate of drug-likeness (QED) is 0.351. The largest absolute Gasteiger partial charge is 0.492 e. The van der Waals surface area contributed by atoms with E-state index in [0.717, 1.165) is 28.8 Å². The summed E-state index contributed by atoms with van der Waals surface area (Å²) in [4.78, 5) is 12.8. The number of rotatable bonds is 11. The van der Waals surface area contributed by atoms with E-state index < -0.39 is 38.3 Å². The zero-order chi connectivity index (χ0) is 28.0. The van der Waals surface area contributed by atoms with Crippen molar-refractivity contribution in [2.24, 2.45) is 0 Å². The highest BCUT2D eigenvalue weighted by molar-refractivity contribution is 7.92. The molecule has 1 saturated heterocycles. The molecule has 0 radical (unpaired) electrons. The van der Waals surface area contributed by atoms with Crippen LogP contribution in [0.25, 0.3) is 0 Å². The van der Waals surface area contributed by atoms with Crippen LogP contribution in [0.4, 0.5) is 10.1 Å². The Hall–Kier alpha value is -3.48. The molecule has 1 aliphatic rings. The van der Waals surface area contributed by atoms with Crippen LogP contribution in [0.2, 0.25) is 0 Å². The van der Waals surface area contributed by atoms with Crippen molar-refractivity contribution in [3.8, 4) is 5.75 Å². The topological polar surface area (TPSA) is 113 Å². The number of para-hydroxylation sites is 1.